The Morgan fingerprint density at radius 1 is 1.23 bits per heavy atom. The minimum Gasteiger partial charge on any atom is -0.458 e. The summed E-state index contributed by atoms with van der Waals surface area (Å²) in [5.41, 5.74) is 1.94. The molecule has 0 spiro atoms. The summed E-state index contributed by atoms with van der Waals surface area (Å²) >= 11 is 6.32. The molecule has 0 aliphatic heterocycles. The maximum absolute atomic E-state index is 12.0. The molecule has 0 unspecified atom stereocenters. The van der Waals surface area contributed by atoms with Crippen molar-refractivity contribution in [2.24, 2.45) is 13.0 Å². The van der Waals surface area contributed by atoms with Crippen molar-refractivity contribution >= 4 is 34.4 Å². The Hall–Kier alpha value is -3.53. The van der Waals surface area contributed by atoms with Crippen LogP contribution in [0.2, 0.25) is 5.02 Å². The zero-order valence-electron chi connectivity index (χ0n) is 16.0. The van der Waals surface area contributed by atoms with Gasteiger partial charge in [-0.3, -0.25) is 4.79 Å². The number of aromatic nitrogens is 7. The summed E-state index contributed by atoms with van der Waals surface area (Å²) in [4.78, 5) is 21.0. The van der Waals surface area contributed by atoms with Crippen LogP contribution in [0.5, 0.6) is 6.01 Å². The van der Waals surface area contributed by atoms with E-state index in [1.807, 2.05) is 24.3 Å². The third kappa shape index (κ3) is 3.45. The van der Waals surface area contributed by atoms with E-state index in [4.69, 9.17) is 16.3 Å². The molecule has 4 aromatic rings. The second-order valence-corrected chi connectivity index (χ2v) is 7.41. The largest absolute Gasteiger partial charge is 0.458 e. The lowest BCUT2D eigenvalue weighted by atomic mass is 10.3. The Labute approximate surface area is 175 Å². The number of anilines is 1. The molecular formula is C19H17ClN8O2. The highest BCUT2D eigenvalue weighted by Gasteiger charge is 2.29. The van der Waals surface area contributed by atoms with E-state index in [0.717, 1.165) is 12.8 Å². The summed E-state index contributed by atoms with van der Waals surface area (Å²) in [5.74, 6) is 1.05. The van der Waals surface area contributed by atoms with Gasteiger partial charge in [-0.05, 0) is 47.5 Å². The number of carbonyl (C=O) groups excluding carboxylic acids is 1. The summed E-state index contributed by atoms with van der Waals surface area (Å²) in [6.07, 6.45) is 1.87. The number of tetrazole rings is 1. The lowest BCUT2D eigenvalue weighted by Gasteiger charge is -2.09. The first-order valence-electron chi connectivity index (χ1n) is 9.39. The van der Waals surface area contributed by atoms with Crippen LogP contribution in [-0.4, -0.2) is 40.6 Å². The van der Waals surface area contributed by atoms with Crippen LogP contribution in [0.1, 0.15) is 18.5 Å². The molecule has 1 saturated carbocycles. The lowest BCUT2D eigenvalue weighted by Crippen LogP contribution is -2.15. The van der Waals surface area contributed by atoms with E-state index in [0.29, 0.717) is 33.5 Å². The predicted octanol–water partition coefficient (Wildman–Crippen LogP) is 2.52. The molecule has 5 rings (SSSR count). The number of halogens is 1. The van der Waals surface area contributed by atoms with Crippen LogP contribution < -0.4 is 10.1 Å². The van der Waals surface area contributed by atoms with Crippen molar-refractivity contribution < 1.29 is 9.53 Å². The van der Waals surface area contributed by atoms with Crippen molar-refractivity contribution in [1.29, 1.82) is 0 Å². The molecule has 1 aliphatic rings. The average molecular weight is 425 g/mol. The van der Waals surface area contributed by atoms with E-state index in [1.54, 1.807) is 23.7 Å². The van der Waals surface area contributed by atoms with Crippen molar-refractivity contribution in [3.8, 4) is 12.0 Å². The van der Waals surface area contributed by atoms with Gasteiger partial charge in [-0.1, -0.05) is 28.8 Å². The van der Waals surface area contributed by atoms with Gasteiger partial charge in [-0.25, -0.2) is 14.2 Å². The summed E-state index contributed by atoms with van der Waals surface area (Å²) in [5, 5.41) is 15.0. The molecule has 11 heteroatoms. The van der Waals surface area contributed by atoms with Crippen LogP contribution in [0.25, 0.3) is 17.0 Å². The van der Waals surface area contributed by atoms with E-state index < -0.39 is 0 Å². The maximum Gasteiger partial charge on any atom is 0.305 e. The zero-order chi connectivity index (χ0) is 20.7. The van der Waals surface area contributed by atoms with Gasteiger partial charge >= 0.3 is 6.01 Å². The molecular weight excluding hydrogens is 408 g/mol. The highest BCUT2D eigenvalue weighted by Crippen LogP contribution is 2.31. The number of ether oxygens (including phenoxy) is 1. The Bertz CT molecular complexity index is 1250. The number of hydrogen-bond donors (Lipinski definition) is 1. The van der Waals surface area contributed by atoms with Gasteiger partial charge in [0, 0.05) is 13.0 Å². The predicted molar refractivity (Wildman–Crippen MR) is 108 cm³/mol. The number of carbonyl (C=O) groups is 1. The SMILES string of the molecule is Cn1nnnc1-n1c(OCc2cccc(NC(=O)C3CC3)n2)nc2c(Cl)cccc21. The van der Waals surface area contributed by atoms with Crippen molar-refractivity contribution in [2.75, 3.05) is 5.32 Å². The van der Waals surface area contributed by atoms with Gasteiger partial charge in [0.1, 0.15) is 17.9 Å². The number of nitrogens with one attached hydrogen (secondary N) is 1. The fourth-order valence-corrected chi connectivity index (χ4v) is 3.30. The van der Waals surface area contributed by atoms with Crippen molar-refractivity contribution in [3.63, 3.8) is 0 Å². The standard InChI is InChI=1S/C19H17ClN8O2/c1-27-18(24-25-26-27)28-14-6-3-5-13(20)16(14)23-19(28)30-10-12-4-2-7-15(21-12)22-17(29)11-8-9-11/h2-7,11H,8-10H2,1H3,(H,21,22,29). The molecule has 1 amide bonds. The topological polar surface area (TPSA) is 113 Å². The molecule has 10 nitrogen and oxygen atoms in total. The van der Waals surface area contributed by atoms with Crippen LogP contribution in [0.3, 0.4) is 0 Å². The number of amides is 1. The van der Waals surface area contributed by atoms with Crippen LogP contribution in [0.4, 0.5) is 5.82 Å². The van der Waals surface area contributed by atoms with Gasteiger partial charge in [-0.2, -0.15) is 4.98 Å². The molecule has 1 N–H and O–H groups in total. The Kier molecular flexibility index (Phi) is 4.55. The second kappa shape index (κ2) is 7.38. The van der Waals surface area contributed by atoms with Gasteiger partial charge in [0.15, 0.2) is 0 Å². The van der Waals surface area contributed by atoms with Crippen molar-refractivity contribution in [1.82, 2.24) is 34.7 Å². The van der Waals surface area contributed by atoms with E-state index in [9.17, 15) is 4.79 Å². The van der Waals surface area contributed by atoms with Crippen LogP contribution in [-0.2, 0) is 18.4 Å². The molecule has 3 aromatic heterocycles. The maximum atomic E-state index is 12.0. The number of rotatable bonds is 6. The summed E-state index contributed by atoms with van der Waals surface area (Å²) in [6, 6.07) is 11.1. The molecule has 3 heterocycles. The number of pyridine rings is 1. The van der Waals surface area contributed by atoms with Gasteiger partial charge in [0.05, 0.1) is 16.2 Å². The quantitative estimate of drug-likeness (QED) is 0.506. The van der Waals surface area contributed by atoms with Gasteiger partial charge < -0.3 is 10.1 Å². The van der Waals surface area contributed by atoms with Crippen LogP contribution >= 0.6 is 11.6 Å². The number of imidazole rings is 1. The van der Waals surface area contributed by atoms with E-state index in [2.05, 4.69) is 30.8 Å². The third-order valence-electron chi connectivity index (χ3n) is 4.76. The average Bonchev–Trinajstić information content (AvgIpc) is 3.41. The number of aryl methyl sites for hydroxylation is 1. The first-order chi connectivity index (χ1) is 14.6. The zero-order valence-corrected chi connectivity index (χ0v) is 16.7. The van der Waals surface area contributed by atoms with Gasteiger partial charge in [0.25, 0.3) is 5.95 Å². The molecule has 1 fully saturated rings. The monoisotopic (exact) mass is 424 g/mol. The molecule has 0 bridgehead atoms. The van der Waals surface area contributed by atoms with Gasteiger partial charge in [-0.15, -0.1) is 0 Å². The minimum atomic E-state index is 0.00628. The van der Waals surface area contributed by atoms with Gasteiger partial charge in [0.2, 0.25) is 5.91 Å². The third-order valence-corrected chi connectivity index (χ3v) is 5.06. The van der Waals surface area contributed by atoms with E-state index in [-0.39, 0.29) is 24.4 Å². The Morgan fingerprint density at radius 2 is 2.07 bits per heavy atom. The number of fused-ring (bicyclic) bond motifs is 1. The first-order valence-corrected chi connectivity index (χ1v) is 9.77. The normalized spacial score (nSPS) is 13.5. The van der Waals surface area contributed by atoms with E-state index in [1.165, 1.54) is 4.68 Å². The number of para-hydroxylation sites is 1. The Balaban J connectivity index is 1.44. The molecule has 30 heavy (non-hydrogen) atoms. The van der Waals surface area contributed by atoms with Crippen LogP contribution in [0, 0.1) is 5.92 Å². The molecule has 1 aliphatic carbocycles. The Morgan fingerprint density at radius 3 is 2.83 bits per heavy atom. The van der Waals surface area contributed by atoms with Crippen LogP contribution in [0.15, 0.2) is 36.4 Å². The first kappa shape index (κ1) is 18.5. The molecule has 0 radical (unpaired) electrons. The summed E-state index contributed by atoms with van der Waals surface area (Å²) in [6.45, 7) is 0.138. The van der Waals surface area contributed by atoms with E-state index >= 15 is 0 Å². The molecule has 152 valence electrons. The van der Waals surface area contributed by atoms with Crippen molar-refractivity contribution in [2.45, 2.75) is 19.4 Å². The number of benzene rings is 1. The van der Waals surface area contributed by atoms with Crippen molar-refractivity contribution in [3.05, 3.63) is 47.1 Å². The highest BCUT2D eigenvalue weighted by molar-refractivity contribution is 6.35. The second-order valence-electron chi connectivity index (χ2n) is 7.01. The summed E-state index contributed by atoms with van der Waals surface area (Å²) < 4.78 is 9.18. The molecule has 1 aromatic carbocycles. The minimum absolute atomic E-state index is 0.00628. The fourth-order valence-electron chi connectivity index (χ4n) is 3.09. The fraction of sp³-hybridized carbons (Fsp3) is 0.263. The summed E-state index contributed by atoms with van der Waals surface area (Å²) in [7, 11) is 1.73. The lowest BCUT2D eigenvalue weighted by molar-refractivity contribution is -0.117. The molecule has 0 saturated heterocycles. The smallest absolute Gasteiger partial charge is 0.305 e. The molecule has 0 atom stereocenters. The number of hydrogen-bond acceptors (Lipinski definition) is 7. The number of nitrogens with zero attached hydrogens (tertiary/aromatic N) is 7. The highest BCUT2D eigenvalue weighted by atomic mass is 35.5.